The van der Waals surface area contributed by atoms with Crippen molar-refractivity contribution >= 4 is 0 Å². The second-order valence-electron chi connectivity index (χ2n) is 2.50. The van der Waals surface area contributed by atoms with E-state index in [4.69, 9.17) is 4.74 Å². The minimum absolute atomic E-state index is 0.703. The Balaban J connectivity index is 0.000000186. The molecule has 2 rings (SSSR count). The van der Waals surface area contributed by atoms with Gasteiger partial charge >= 0.3 is 0 Å². The molecule has 2 atom stereocenters. The molecule has 0 amide bonds. The van der Waals surface area contributed by atoms with E-state index >= 15 is 0 Å². The molecule has 2 fully saturated rings. The van der Waals surface area contributed by atoms with Crippen molar-refractivity contribution in [3.63, 3.8) is 0 Å². The minimum atomic E-state index is 0.703. The Morgan fingerprint density at radius 2 is 1.44 bits per heavy atom. The molecule has 1 heteroatoms. The van der Waals surface area contributed by atoms with Crippen LogP contribution in [0.2, 0.25) is 0 Å². The molecule has 0 aromatic heterocycles. The fourth-order valence-electron chi connectivity index (χ4n) is 1.38. The van der Waals surface area contributed by atoms with Gasteiger partial charge in [0.05, 0.1) is 12.2 Å². The smallest absolute Gasteiger partial charge is 0.0841 e. The average molecular weight is 128 g/mol. The maximum atomic E-state index is 5.28. The lowest BCUT2D eigenvalue weighted by molar-refractivity contribution is 0.373. The third-order valence-corrected chi connectivity index (χ3v) is 1.91. The molecule has 1 nitrogen and oxygen atoms in total. The molecule has 1 aliphatic carbocycles. The van der Waals surface area contributed by atoms with Gasteiger partial charge in [0, 0.05) is 0 Å². The van der Waals surface area contributed by atoms with Gasteiger partial charge in [0.25, 0.3) is 0 Å². The normalized spacial score (nSPS) is 38.0. The largest absolute Gasteiger partial charge is 0.370 e. The summed E-state index contributed by atoms with van der Waals surface area (Å²) in [5, 5.41) is 0. The van der Waals surface area contributed by atoms with Gasteiger partial charge in [-0.2, -0.15) is 0 Å². The van der Waals surface area contributed by atoms with Gasteiger partial charge < -0.3 is 4.74 Å². The summed E-state index contributed by atoms with van der Waals surface area (Å²) in [6, 6.07) is 0. The van der Waals surface area contributed by atoms with E-state index in [0.29, 0.717) is 12.2 Å². The van der Waals surface area contributed by atoms with E-state index in [1.54, 1.807) is 0 Å². The maximum absolute atomic E-state index is 5.28. The Morgan fingerprint density at radius 1 is 1.00 bits per heavy atom. The van der Waals surface area contributed by atoms with Crippen molar-refractivity contribution in [1.82, 2.24) is 0 Å². The zero-order valence-electron chi connectivity index (χ0n) is 6.39. The number of rotatable bonds is 0. The van der Waals surface area contributed by atoms with Crippen LogP contribution < -0.4 is 0 Å². The molecule has 0 aromatic carbocycles. The quantitative estimate of drug-likeness (QED) is 0.456. The molecule has 0 radical (unpaired) electrons. The first-order valence-electron chi connectivity index (χ1n) is 4.12. The van der Waals surface area contributed by atoms with Gasteiger partial charge in [-0.25, -0.2) is 0 Å². The molecule has 2 unspecified atom stereocenters. The van der Waals surface area contributed by atoms with Crippen molar-refractivity contribution in [2.75, 3.05) is 0 Å². The number of ether oxygens (including phenoxy) is 1. The Labute approximate surface area is 57.4 Å². The fraction of sp³-hybridized carbons (Fsp3) is 1.00. The molecular weight excluding hydrogens is 112 g/mol. The van der Waals surface area contributed by atoms with Crippen molar-refractivity contribution in [3.05, 3.63) is 0 Å². The summed E-state index contributed by atoms with van der Waals surface area (Å²) < 4.78 is 5.28. The second kappa shape index (κ2) is 3.21. The third kappa shape index (κ3) is 1.68. The summed E-state index contributed by atoms with van der Waals surface area (Å²) in [5.41, 5.74) is 0. The van der Waals surface area contributed by atoms with Crippen LogP contribution in [0.5, 0.6) is 0 Å². The van der Waals surface area contributed by atoms with Gasteiger partial charge in [0.1, 0.15) is 0 Å². The standard InChI is InChI=1S/C6H10O.C2H6/c1-2-4-6-5(3-1)7-6;1-2/h5-6H,1-4H2;1-2H3. The van der Waals surface area contributed by atoms with E-state index in [2.05, 4.69) is 0 Å². The molecule has 0 aromatic rings. The van der Waals surface area contributed by atoms with Crippen molar-refractivity contribution in [1.29, 1.82) is 0 Å². The van der Waals surface area contributed by atoms with Crippen LogP contribution >= 0.6 is 0 Å². The molecule has 0 N–H and O–H groups in total. The van der Waals surface area contributed by atoms with E-state index in [-0.39, 0.29) is 0 Å². The summed E-state index contributed by atoms with van der Waals surface area (Å²) in [7, 11) is 0. The van der Waals surface area contributed by atoms with Crippen molar-refractivity contribution in [2.24, 2.45) is 0 Å². The van der Waals surface area contributed by atoms with Gasteiger partial charge in [-0.3, -0.25) is 0 Å². The van der Waals surface area contributed by atoms with Crippen LogP contribution in [0.25, 0.3) is 0 Å². The Kier molecular flexibility index (Phi) is 2.52. The molecule has 54 valence electrons. The Bertz CT molecular complexity index is 70.6. The van der Waals surface area contributed by atoms with Gasteiger partial charge in [0.15, 0.2) is 0 Å². The first-order chi connectivity index (χ1) is 4.47. The van der Waals surface area contributed by atoms with Crippen LogP contribution in [-0.2, 0) is 4.74 Å². The van der Waals surface area contributed by atoms with Crippen LogP contribution in [-0.4, -0.2) is 12.2 Å². The molecule has 0 bridgehead atoms. The molecule has 0 spiro atoms. The van der Waals surface area contributed by atoms with Crippen molar-refractivity contribution in [2.45, 2.75) is 51.7 Å². The Hall–Kier alpha value is -0.0400. The maximum Gasteiger partial charge on any atom is 0.0841 e. The highest BCUT2D eigenvalue weighted by atomic mass is 16.6. The van der Waals surface area contributed by atoms with E-state index in [9.17, 15) is 0 Å². The van der Waals surface area contributed by atoms with E-state index < -0.39 is 0 Å². The van der Waals surface area contributed by atoms with E-state index in [0.717, 1.165) is 0 Å². The van der Waals surface area contributed by atoms with Gasteiger partial charge in [-0.15, -0.1) is 0 Å². The highest BCUT2D eigenvalue weighted by Crippen LogP contribution is 2.35. The zero-order valence-corrected chi connectivity index (χ0v) is 6.39. The minimum Gasteiger partial charge on any atom is -0.370 e. The number of hydrogen-bond donors (Lipinski definition) is 0. The first kappa shape index (κ1) is 7.07. The number of epoxide rings is 1. The lowest BCUT2D eigenvalue weighted by atomic mass is 10.0. The Morgan fingerprint density at radius 3 is 1.78 bits per heavy atom. The van der Waals surface area contributed by atoms with Crippen molar-refractivity contribution in [3.8, 4) is 0 Å². The lowest BCUT2D eigenvalue weighted by Crippen LogP contribution is -2.00. The monoisotopic (exact) mass is 128 g/mol. The summed E-state index contributed by atoms with van der Waals surface area (Å²) in [6.45, 7) is 4.00. The van der Waals surface area contributed by atoms with Crippen molar-refractivity contribution < 1.29 is 4.74 Å². The van der Waals surface area contributed by atoms with E-state index in [1.807, 2.05) is 13.8 Å². The average Bonchev–Trinajstić information content (AvgIpc) is 2.69. The zero-order chi connectivity index (χ0) is 6.69. The molecule has 2 aliphatic rings. The molecule has 1 aliphatic heterocycles. The molecular formula is C8H16O. The summed E-state index contributed by atoms with van der Waals surface area (Å²) in [5.74, 6) is 0. The SMILES string of the molecule is C1CCC2OC2C1.CC. The molecule has 1 heterocycles. The first-order valence-corrected chi connectivity index (χ1v) is 4.12. The topological polar surface area (TPSA) is 12.5 Å². The van der Waals surface area contributed by atoms with Crippen LogP contribution in [0.3, 0.4) is 0 Å². The van der Waals surface area contributed by atoms with Gasteiger partial charge in [-0.1, -0.05) is 26.7 Å². The predicted octanol–water partition coefficient (Wildman–Crippen LogP) is 2.35. The van der Waals surface area contributed by atoms with Crippen LogP contribution in [0.15, 0.2) is 0 Å². The molecule has 1 saturated heterocycles. The summed E-state index contributed by atoms with van der Waals surface area (Å²) >= 11 is 0. The molecule has 9 heavy (non-hydrogen) atoms. The third-order valence-electron chi connectivity index (χ3n) is 1.91. The second-order valence-corrected chi connectivity index (χ2v) is 2.50. The number of fused-ring (bicyclic) bond motifs is 1. The van der Waals surface area contributed by atoms with E-state index in [1.165, 1.54) is 25.7 Å². The fourth-order valence-corrected chi connectivity index (χ4v) is 1.38. The highest BCUT2D eigenvalue weighted by Gasteiger charge is 2.39. The molecule has 1 saturated carbocycles. The predicted molar refractivity (Wildman–Crippen MR) is 38.5 cm³/mol. The van der Waals surface area contributed by atoms with Gasteiger partial charge in [0.2, 0.25) is 0 Å². The number of hydrogen-bond acceptors (Lipinski definition) is 1. The summed E-state index contributed by atoms with van der Waals surface area (Å²) in [6.07, 6.45) is 6.89. The highest BCUT2D eigenvalue weighted by molar-refractivity contribution is 4.87. The summed E-state index contributed by atoms with van der Waals surface area (Å²) in [4.78, 5) is 0. The lowest BCUT2D eigenvalue weighted by Gasteiger charge is -2.00. The van der Waals surface area contributed by atoms with Crippen LogP contribution in [0.1, 0.15) is 39.5 Å². The van der Waals surface area contributed by atoms with Gasteiger partial charge in [-0.05, 0) is 12.8 Å². The van der Waals surface area contributed by atoms with Crippen LogP contribution in [0.4, 0.5) is 0 Å². The van der Waals surface area contributed by atoms with Crippen LogP contribution in [0, 0.1) is 0 Å².